The molecule has 1 heterocycles. The minimum absolute atomic E-state index is 0.214. The number of aliphatic hydroxyl groups is 2. The summed E-state index contributed by atoms with van der Waals surface area (Å²) in [5, 5.41) is 16.9. The molecule has 4 nitrogen and oxygen atoms in total. The van der Waals surface area contributed by atoms with E-state index in [0.29, 0.717) is 11.4 Å². The standard InChI is InChI=1S/C10H8N2O2/c13-5-1-3-9-7-11-8-10(12-9)4-2-6-14/h7-8,13-14H,5-6H2. The fourth-order valence-corrected chi connectivity index (χ4v) is 0.747. The summed E-state index contributed by atoms with van der Waals surface area (Å²) < 4.78 is 0. The third kappa shape index (κ3) is 3.24. The van der Waals surface area contributed by atoms with Gasteiger partial charge in [-0.1, -0.05) is 11.8 Å². The highest BCUT2D eigenvalue weighted by atomic mass is 16.3. The average Bonchev–Trinajstić information content (AvgIpc) is 2.24. The third-order valence-corrected chi connectivity index (χ3v) is 1.23. The van der Waals surface area contributed by atoms with Gasteiger partial charge < -0.3 is 10.2 Å². The Morgan fingerprint density at radius 1 is 1.00 bits per heavy atom. The largest absolute Gasteiger partial charge is 0.384 e. The van der Waals surface area contributed by atoms with Crippen molar-refractivity contribution < 1.29 is 10.2 Å². The van der Waals surface area contributed by atoms with E-state index in [0.717, 1.165) is 0 Å². The van der Waals surface area contributed by atoms with Crippen molar-refractivity contribution in [3.05, 3.63) is 23.8 Å². The van der Waals surface area contributed by atoms with Crippen LogP contribution < -0.4 is 0 Å². The molecule has 2 N–H and O–H groups in total. The van der Waals surface area contributed by atoms with E-state index in [1.807, 2.05) is 0 Å². The average molecular weight is 188 g/mol. The summed E-state index contributed by atoms with van der Waals surface area (Å²) in [7, 11) is 0. The molecule has 0 aliphatic heterocycles. The molecule has 1 aromatic rings. The molecule has 0 saturated heterocycles. The van der Waals surface area contributed by atoms with Crippen LogP contribution in [0.25, 0.3) is 0 Å². The highest BCUT2D eigenvalue weighted by molar-refractivity contribution is 5.31. The van der Waals surface area contributed by atoms with Gasteiger partial charge in [0, 0.05) is 0 Å². The predicted octanol–water partition coefficient (Wildman–Crippen LogP) is -0.836. The highest BCUT2D eigenvalue weighted by Gasteiger charge is 1.91. The van der Waals surface area contributed by atoms with Crippen molar-refractivity contribution in [2.75, 3.05) is 13.2 Å². The van der Waals surface area contributed by atoms with E-state index in [4.69, 9.17) is 10.2 Å². The van der Waals surface area contributed by atoms with Gasteiger partial charge >= 0.3 is 0 Å². The topological polar surface area (TPSA) is 66.2 Å². The molecule has 0 unspecified atom stereocenters. The van der Waals surface area contributed by atoms with Crippen molar-refractivity contribution >= 4 is 0 Å². The van der Waals surface area contributed by atoms with E-state index in [1.165, 1.54) is 12.4 Å². The second-order valence-corrected chi connectivity index (χ2v) is 2.21. The fourth-order valence-electron chi connectivity index (χ4n) is 0.747. The molecule has 0 saturated carbocycles. The molecule has 0 spiro atoms. The summed E-state index contributed by atoms with van der Waals surface area (Å²) in [5.74, 6) is 10.1. The van der Waals surface area contributed by atoms with E-state index in [1.54, 1.807) is 0 Å². The van der Waals surface area contributed by atoms with Crippen LogP contribution in [0.1, 0.15) is 11.4 Å². The number of aliphatic hydroxyl groups excluding tert-OH is 2. The summed E-state index contributed by atoms with van der Waals surface area (Å²) in [5.41, 5.74) is 0.896. The van der Waals surface area contributed by atoms with Crippen molar-refractivity contribution in [3.63, 3.8) is 0 Å². The molecule has 1 rings (SSSR count). The lowest BCUT2D eigenvalue weighted by Crippen LogP contribution is -1.90. The summed E-state index contributed by atoms with van der Waals surface area (Å²) >= 11 is 0. The lowest BCUT2D eigenvalue weighted by atomic mass is 10.4. The Bertz CT molecular complexity index is 384. The van der Waals surface area contributed by atoms with Gasteiger partial charge in [-0.25, -0.2) is 4.98 Å². The van der Waals surface area contributed by atoms with E-state index in [2.05, 4.69) is 33.6 Å². The predicted molar refractivity (Wildman–Crippen MR) is 50.0 cm³/mol. The van der Waals surface area contributed by atoms with Crippen LogP contribution in [0.15, 0.2) is 12.4 Å². The first-order chi connectivity index (χ1) is 6.86. The molecule has 4 heteroatoms. The molecule has 0 fully saturated rings. The highest BCUT2D eigenvalue weighted by Crippen LogP contribution is 1.92. The molecule has 1 aromatic heterocycles. The van der Waals surface area contributed by atoms with Crippen molar-refractivity contribution in [2.45, 2.75) is 0 Å². The molecule has 0 aliphatic rings. The lowest BCUT2D eigenvalue weighted by Gasteiger charge is -1.90. The van der Waals surface area contributed by atoms with Crippen molar-refractivity contribution in [1.29, 1.82) is 0 Å². The van der Waals surface area contributed by atoms with Gasteiger partial charge in [0.1, 0.15) is 24.6 Å². The Balaban J connectivity index is 2.89. The normalized spacial score (nSPS) is 8.14. The van der Waals surface area contributed by atoms with E-state index < -0.39 is 0 Å². The molecular formula is C10H8N2O2. The molecule has 70 valence electrons. The van der Waals surface area contributed by atoms with E-state index in [9.17, 15) is 0 Å². The SMILES string of the molecule is OCC#Cc1cncc(C#CCO)n1. The minimum atomic E-state index is -0.214. The molecule has 0 aliphatic carbocycles. The maximum atomic E-state index is 8.46. The summed E-state index contributed by atoms with van der Waals surface area (Å²) in [6, 6.07) is 0. The molecule has 0 atom stereocenters. The van der Waals surface area contributed by atoms with Crippen LogP contribution in [0.4, 0.5) is 0 Å². The number of nitrogens with zero attached hydrogens (tertiary/aromatic N) is 2. The molecule has 0 radical (unpaired) electrons. The third-order valence-electron chi connectivity index (χ3n) is 1.23. The van der Waals surface area contributed by atoms with Crippen molar-refractivity contribution in [2.24, 2.45) is 0 Å². The molecule has 0 aromatic carbocycles. The zero-order valence-corrected chi connectivity index (χ0v) is 7.36. The molecular weight excluding hydrogens is 180 g/mol. The molecule has 14 heavy (non-hydrogen) atoms. The van der Waals surface area contributed by atoms with Gasteiger partial charge in [-0.05, 0) is 11.8 Å². The van der Waals surface area contributed by atoms with Gasteiger partial charge in [0.2, 0.25) is 0 Å². The summed E-state index contributed by atoms with van der Waals surface area (Å²) in [4.78, 5) is 7.88. The minimum Gasteiger partial charge on any atom is -0.384 e. The Hall–Kier alpha value is -1.88. The zero-order chi connectivity index (χ0) is 10.2. The van der Waals surface area contributed by atoms with Gasteiger partial charge in [0.25, 0.3) is 0 Å². The lowest BCUT2D eigenvalue weighted by molar-refractivity contribution is 0.350. The monoisotopic (exact) mass is 188 g/mol. The van der Waals surface area contributed by atoms with E-state index in [-0.39, 0.29) is 13.2 Å². The first kappa shape index (κ1) is 10.2. The van der Waals surface area contributed by atoms with Gasteiger partial charge in [0.05, 0.1) is 12.4 Å². The maximum Gasteiger partial charge on any atom is 0.133 e. The molecule has 0 amide bonds. The van der Waals surface area contributed by atoms with Gasteiger partial charge in [-0.15, -0.1) is 0 Å². The van der Waals surface area contributed by atoms with Crippen molar-refractivity contribution in [3.8, 4) is 23.7 Å². The molecule has 0 bridgehead atoms. The second kappa shape index (κ2) is 5.71. The van der Waals surface area contributed by atoms with Crippen LogP contribution in [-0.4, -0.2) is 33.4 Å². The van der Waals surface area contributed by atoms with Crippen LogP contribution >= 0.6 is 0 Å². The number of rotatable bonds is 0. The summed E-state index contributed by atoms with van der Waals surface area (Å²) in [6.07, 6.45) is 2.96. The Morgan fingerprint density at radius 3 is 1.93 bits per heavy atom. The van der Waals surface area contributed by atoms with Gasteiger partial charge in [-0.2, -0.15) is 0 Å². The fraction of sp³-hybridized carbons (Fsp3) is 0.200. The first-order valence-electron chi connectivity index (χ1n) is 3.88. The Labute approximate surface area is 81.6 Å². The van der Waals surface area contributed by atoms with Crippen LogP contribution in [0.2, 0.25) is 0 Å². The number of hydrogen-bond acceptors (Lipinski definition) is 4. The quantitative estimate of drug-likeness (QED) is 0.521. The van der Waals surface area contributed by atoms with Crippen LogP contribution in [0.3, 0.4) is 0 Å². The van der Waals surface area contributed by atoms with Gasteiger partial charge in [0.15, 0.2) is 0 Å². The summed E-state index contributed by atoms with van der Waals surface area (Å²) in [6.45, 7) is -0.428. The van der Waals surface area contributed by atoms with Crippen LogP contribution in [-0.2, 0) is 0 Å². The van der Waals surface area contributed by atoms with Crippen LogP contribution in [0.5, 0.6) is 0 Å². The Morgan fingerprint density at radius 2 is 1.50 bits per heavy atom. The number of hydrogen-bond donors (Lipinski definition) is 2. The second-order valence-electron chi connectivity index (χ2n) is 2.21. The maximum absolute atomic E-state index is 8.46. The van der Waals surface area contributed by atoms with E-state index >= 15 is 0 Å². The number of aromatic nitrogens is 2. The van der Waals surface area contributed by atoms with Gasteiger partial charge in [-0.3, -0.25) is 4.98 Å². The smallest absolute Gasteiger partial charge is 0.133 e. The van der Waals surface area contributed by atoms with Crippen LogP contribution in [0, 0.1) is 23.7 Å². The Kier molecular flexibility index (Phi) is 4.16. The first-order valence-corrected chi connectivity index (χ1v) is 3.88. The zero-order valence-electron chi connectivity index (χ0n) is 7.36. The van der Waals surface area contributed by atoms with Crippen molar-refractivity contribution in [1.82, 2.24) is 9.97 Å².